The Morgan fingerprint density at radius 3 is 2.68 bits per heavy atom. The van der Waals surface area contributed by atoms with E-state index in [0.29, 0.717) is 31.7 Å². The van der Waals surface area contributed by atoms with Gasteiger partial charge in [-0.15, -0.1) is 0 Å². The number of fused-ring (bicyclic) bond motifs is 2. The molecule has 0 bridgehead atoms. The molecule has 1 fully saturated rings. The quantitative estimate of drug-likeness (QED) is 0.774. The van der Waals surface area contributed by atoms with Crippen LogP contribution in [0.2, 0.25) is 0 Å². The van der Waals surface area contributed by atoms with Crippen LogP contribution in [0.4, 0.5) is 0 Å². The fourth-order valence-electron chi connectivity index (χ4n) is 5.11. The summed E-state index contributed by atoms with van der Waals surface area (Å²) >= 11 is 0. The molecule has 1 aromatic heterocycles. The van der Waals surface area contributed by atoms with Crippen molar-refractivity contribution < 1.29 is 9.59 Å². The maximum Gasteiger partial charge on any atom is 0.274 e. The third-order valence-corrected chi connectivity index (χ3v) is 6.71. The summed E-state index contributed by atoms with van der Waals surface area (Å²) in [5, 5.41) is 3.06. The zero-order chi connectivity index (χ0) is 21.8. The summed E-state index contributed by atoms with van der Waals surface area (Å²) in [4.78, 5) is 37.5. The van der Waals surface area contributed by atoms with Crippen LogP contribution in [0.15, 0.2) is 42.9 Å². The number of amides is 2. The zero-order valence-electron chi connectivity index (χ0n) is 18.4. The van der Waals surface area contributed by atoms with E-state index >= 15 is 0 Å². The minimum absolute atomic E-state index is 0.0460. The van der Waals surface area contributed by atoms with Gasteiger partial charge in [0.15, 0.2) is 0 Å². The van der Waals surface area contributed by atoms with E-state index in [-0.39, 0.29) is 23.1 Å². The van der Waals surface area contributed by atoms with Gasteiger partial charge in [0, 0.05) is 45.0 Å². The SMILES string of the molecule is CN(C)CCNC(=O)C[C@@H]1CC2(CCN(C(=O)c3cnccn3)CC2)c2ccccc21. The molecule has 1 aliphatic carbocycles. The molecule has 1 saturated heterocycles. The third kappa shape index (κ3) is 4.61. The Hall–Kier alpha value is -2.80. The average molecular weight is 422 g/mol. The van der Waals surface area contributed by atoms with Crippen molar-refractivity contribution in [2.75, 3.05) is 40.3 Å². The van der Waals surface area contributed by atoms with Crippen molar-refractivity contribution in [2.45, 2.75) is 37.0 Å². The van der Waals surface area contributed by atoms with Gasteiger partial charge in [-0.25, -0.2) is 4.98 Å². The van der Waals surface area contributed by atoms with E-state index in [1.54, 1.807) is 12.4 Å². The highest BCUT2D eigenvalue weighted by molar-refractivity contribution is 5.92. The van der Waals surface area contributed by atoms with E-state index in [2.05, 4.69) is 44.5 Å². The third-order valence-electron chi connectivity index (χ3n) is 6.71. The first-order valence-corrected chi connectivity index (χ1v) is 11.0. The van der Waals surface area contributed by atoms with Gasteiger partial charge < -0.3 is 15.1 Å². The Labute approximate surface area is 183 Å². The lowest BCUT2D eigenvalue weighted by Crippen LogP contribution is -2.44. The van der Waals surface area contributed by atoms with Crippen molar-refractivity contribution in [3.05, 3.63) is 59.7 Å². The summed E-state index contributed by atoms with van der Waals surface area (Å²) in [6, 6.07) is 8.57. The van der Waals surface area contributed by atoms with Gasteiger partial charge in [-0.2, -0.15) is 0 Å². The number of nitrogens with one attached hydrogen (secondary N) is 1. The number of rotatable bonds is 6. The Balaban J connectivity index is 1.43. The van der Waals surface area contributed by atoms with E-state index in [9.17, 15) is 9.59 Å². The molecule has 1 aliphatic heterocycles. The number of likely N-dealkylation sites (N-methyl/N-ethyl adjacent to an activating group) is 1. The molecule has 2 amide bonds. The first-order valence-electron chi connectivity index (χ1n) is 11.0. The molecule has 2 heterocycles. The number of aromatic nitrogens is 2. The normalized spacial score (nSPS) is 19.5. The molecule has 1 aromatic carbocycles. The smallest absolute Gasteiger partial charge is 0.274 e. The van der Waals surface area contributed by atoms with Gasteiger partial charge >= 0.3 is 0 Å². The number of carbonyl (C=O) groups excluding carboxylic acids is 2. The van der Waals surface area contributed by atoms with E-state index in [1.807, 2.05) is 19.0 Å². The van der Waals surface area contributed by atoms with Crippen LogP contribution >= 0.6 is 0 Å². The van der Waals surface area contributed by atoms with E-state index in [4.69, 9.17) is 0 Å². The average Bonchev–Trinajstić information content (AvgIpc) is 3.07. The van der Waals surface area contributed by atoms with Gasteiger partial charge in [0.25, 0.3) is 5.91 Å². The summed E-state index contributed by atoms with van der Waals surface area (Å²) in [6.45, 7) is 2.91. The molecule has 0 unspecified atom stereocenters. The summed E-state index contributed by atoms with van der Waals surface area (Å²) in [7, 11) is 4.01. The predicted molar refractivity (Wildman–Crippen MR) is 119 cm³/mol. The minimum Gasteiger partial charge on any atom is -0.355 e. The predicted octanol–water partition coefficient (Wildman–Crippen LogP) is 2.21. The molecule has 7 heteroatoms. The van der Waals surface area contributed by atoms with Crippen LogP contribution in [0.1, 0.15) is 53.2 Å². The van der Waals surface area contributed by atoms with Crippen molar-refractivity contribution in [1.29, 1.82) is 0 Å². The summed E-state index contributed by atoms with van der Waals surface area (Å²) < 4.78 is 0. The molecule has 1 spiro atoms. The number of hydrogen-bond donors (Lipinski definition) is 1. The van der Waals surface area contributed by atoms with E-state index in [1.165, 1.54) is 17.3 Å². The van der Waals surface area contributed by atoms with Gasteiger partial charge in [-0.05, 0) is 55.8 Å². The Morgan fingerprint density at radius 1 is 1.19 bits per heavy atom. The van der Waals surface area contributed by atoms with Crippen molar-refractivity contribution in [3.8, 4) is 0 Å². The van der Waals surface area contributed by atoms with Gasteiger partial charge in [0.05, 0.1) is 6.20 Å². The van der Waals surface area contributed by atoms with Crippen molar-refractivity contribution in [1.82, 2.24) is 25.1 Å². The molecule has 1 N–H and O–H groups in total. The molecule has 2 aromatic rings. The van der Waals surface area contributed by atoms with Gasteiger partial charge in [-0.3, -0.25) is 14.6 Å². The molecule has 0 saturated carbocycles. The number of likely N-dealkylation sites (tertiary alicyclic amines) is 1. The van der Waals surface area contributed by atoms with Crippen LogP contribution < -0.4 is 5.32 Å². The second-order valence-corrected chi connectivity index (χ2v) is 9.01. The Bertz CT molecular complexity index is 923. The summed E-state index contributed by atoms with van der Waals surface area (Å²) in [5.74, 6) is 0.304. The molecule has 4 rings (SSSR count). The Morgan fingerprint density at radius 2 is 1.97 bits per heavy atom. The van der Waals surface area contributed by atoms with Crippen molar-refractivity contribution in [3.63, 3.8) is 0 Å². The zero-order valence-corrected chi connectivity index (χ0v) is 18.4. The van der Waals surface area contributed by atoms with Gasteiger partial charge in [0.2, 0.25) is 5.91 Å². The van der Waals surface area contributed by atoms with E-state index in [0.717, 1.165) is 25.8 Å². The second kappa shape index (κ2) is 9.14. The van der Waals surface area contributed by atoms with Crippen LogP contribution in [-0.4, -0.2) is 71.9 Å². The fraction of sp³-hybridized carbons (Fsp3) is 0.500. The van der Waals surface area contributed by atoms with Crippen LogP contribution in [0, 0.1) is 0 Å². The largest absolute Gasteiger partial charge is 0.355 e. The van der Waals surface area contributed by atoms with Crippen molar-refractivity contribution >= 4 is 11.8 Å². The monoisotopic (exact) mass is 421 g/mol. The standard InChI is InChI=1S/C24H31N5O2/c1-28(2)14-11-27-22(30)15-18-16-24(20-6-4-3-5-19(18)20)7-12-29(13-8-24)23(31)21-17-25-9-10-26-21/h3-6,9-10,17-18H,7-8,11-16H2,1-2H3,(H,27,30)/t18-/m1/s1. The highest BCUT2D eigenvalue weighted by Crippen LogP contribution is 2.52. The number of carbonyl (C=O) groups is 2. The minimum atomic E-state index is -0.0500. The summed E-state index contributed by atoms with van der Waals surface area (Å²) in [6.07, 6.45) is 7.98. The lowest BCUT2D eigenvalue weighted by Gasteiger charge is -2.40. The molecule has 7 nitrogen and oxygen atoms in total. The maximum atomic E-state index is 12.8. The van der Waals surface area contributed by atoms with Gasteiger partial charge in [-0.1, -0.05) is 24.3 Å². The molecule has 0 radical (unpaired) electrons. The lowest BCUT2D eigenvalue weighted by molar-refractivity contribution is -0.121. The highest BCUT2D eigenvalue weighted by Gasteiger charge is 2.46. The van der Waals surface area contributed by atoms with E-state index < -0.39 is 0 Å². The molecule has 164 valence electrons. The molecular formula is C24H31N5O2. The molecule has 1 atom stereocenters. The van der Waals surface area contributed by atoms with Crippen molar-refractivity contribution in [2.24, 2.45) is 0 Å². The summed E-state index contributed by atoms with van der Waals surface area (Å²) in [5.41, 5.74) is 3.12. The maximum absolute atomic E-state index is 12.8. The molecular weight excluding hydrogens is 390 g/mol. The number of hydrogen-bond acceptors (Lipinski definition) is 5. The first kappa shape index (κ1) is 21.4. The lowest BCUT2D eigenvalue weighted by atomic mass is 9.73. The second-order valence-electron chi connectivity index (χ2n) is 9.01. The van der Waals surface area contributed by atoms with Crippen LogP contribution in [0.3, 0.4) is 0 Å². The topological polar surface area (TPSA) is 78.4 Å². The van der Waals surface area contributed by atoms with Crippen LogP contribution in [0.25, 0.3) is 0 Å². The van der Waals surface area contributed by atoms with Crippen LogP contribution in [-0.2, 0) is 10.2 Å². The fourth-order valence-corrected chi connectivity index (χ4v) is 5.11. The Kier molecular flexibility index (Phi) is 6.32. The molecule has 2 aliphatic rings. The van der Waals surface area contributed by atoms with Gasteiger partial charge in [0.1, 0.15) is 5.69 Å². The number of nitrogens with zero attached hydrogens (tertiary/aromatic N) is 4. The number of benzene rings is 1. The molecule has 31 heavy (non-hydrogen) atoms. The first-order chi connectivity index (χ1) is 15.0. The number of piperidine rings is 1. The van der Waals surface area contributed by atoms with Crippen LogP contribution in [0.5, 0.6) is 0 Å². The highest BCUT2D eigenvalue weighted by atomic mass is 16.2.